The third kappa shape index (κ3) is 2.33. The molecule has 18 heavy (non-hydrogen) atoms. The highest BCUT2D eigenvalue weighted by molar-refractivity contribution is 7.09. The Kier molecular flexibility index (Phi) is 3.17. The van der Waals surface area contributed by atoms with Gasteiger partial charge in [-0.2, -0.15) is 0 Å². The van der Waals surface area contributed by atoms with E-state index in [-0.39, 0.29) is 5.92 Å². The number of rotatable bonds is 2. The van der Waals surface area contributed by atoms with E-state index in [2.05, 4.69) is 22.5 Å². The number of hydrogen-bond donors (Lipinski definition) is 1. The van der Waals surface area contributed by atoms with Gasteiger partial charge in [-0.1, -0.05) is 29.8 Å². The Bertz CT molecular complexity index is 585. The Balaban J connectivity index is 1.91. The molecule has 4 heteroatoms. The number of nitrogens with zero attached hydrogens (tertiary/aromatic N) is 1. The minimum Gasteiger partial charge on any atom is -0.362 e. The maximum atomic E-state index is 5.90. The molecule has 0 amide bonds. The first kappa shape index (κ1) is 11.5. The smallest absolute Gasteiger partial charge is 0.103 e. The lowest BCUT2D eigenvalue weighted by molar-refractivity contribution is 0.989. The van der Waals surface area contributed by atoms with Crippen LogP contribution >= 0.6 is 22.9 Å². The number of halogens is 1. The molecule has 0 bridgehead atoms. The van der Waals surface area contributed by atoms with Crippen LogP contribution in [-0.4, -0.2) is 4.98 Å². The molecule has 1 aliphatic rings. The highest BCUT2D eigenvalue weighted by atomic mass is 35.5. The number of aromatic nitrogens is 1. The summed E-state index contributed by atoms with van der Waals surface area (Å²) in [4.78, 5) is 4.36. The first-order chi connectivity index (χ1) is 8.83. The molecule has 3 rings (SSSR count). The predicted octanol–water partition coefficient (Wildman–Crippen LogP) is 4.04. The second kappa shape index (κ2) is 4.96. The van der Waals surface area contributed by atoms with Gasteiger partial charge >= 0.3 is 0 Å². The first-order valence-corrected chi connectivity index (χ1v) is 6.89. The van der Waals surface area contributed by atoms with Gasteiger partial charge in [-0.15, -0.1) is 11.3 Å². The molecule has 0 aliphatic carbocycles. The molecule has 1 N–H and O–H groups in total. The van der Waals surface area contributed by atoms with E-state index in [1.165, 1.54) is 0 Å². The number of benzene rings is 1. The van der Waals surface area contributed by atoms with Crippen molar-refractivity contribution in [3.63, 3.8) is 0 Å². The summed E-state index contributed by atoms with van der Waals surface area (Å²) in [6, 6.07) is 7.82. The largest absolute Gasteiger partial charge is 0.362 e. The molecule has 2 nitrogen and oxygen atoms in total. The van der Waals surface area contributed by atoms with Gasteiger partial charge in [0.05, 0.1) is 5.92 Å². The summed E-state index contributed by atoms with van der Waals surface area (Å²) in [5.41, 5.74) is 2.22. The summed E-state index contributed by atoms with van der Waals surface area (Å²) in [5, 5.41) is 7.12. The van der Waals surface area contributed by atoms with Gasteiger partial charge < -0.3 is 5.32 Å². The number of hydrogen-bond acceptors (Lipinski definition) is 3. The van der Waals surface area contributed by atoms with E-state index < -0.39 is 0 Å². The number of nitrogens with one attached hydrogen (secondary N) is 1. The fourth-order valence-corrected chi connectivity index (χ4v) is 2.70. The molecule has 90 valence electrons. The van der Waals surface area contributed by atoms with Gasteiger partial charge in [0.1, 0.15) is 5.01 Å². The van der Waals surface area contributed by atoms with Crippen LogP contribution in [0.15, 0.2) is 54.2 Å². The molecule has 0 radical (unpaired) electrons. The SMILES string of the molecule is Clc1ccc(C2=CC(c3nccs3)C=CN2)cc1. The number of dihydropyridines is 1. The van der Waals surface area contributed by atoms with Crippen molar-refractivity contribution in [2.24, 2.45) is 0 Å². The van der Waals surface area contributed by atoms with Crippen LogP contribution in [0.3, 0.4) is 0 Å². The summed E-state index contributed by atoms with van der Waals surface area (Å²) in [6.07, 6.45) is 8.10. The van der Waals surface area contributed by atoms with Crippen molar-refractivity contribution < 1.29 is 0 Å². The molecule has 1 aromatic carbocycles. The van der Waals surface area contributed by atoms with Crippen LogP contribution in [-0.2, 0) is 0 Å². The predicted molar refractivity (Wildman–Crippen MR) is 76.6 cm³/mol. The molecule has 1 atom stereocenters. The van der Waals surface area contributed by atoms with Gasteiger partial charge in [0.15, 0.2) is 0 Å². The van der Waals surface area contributed by atoms with Crippen LogP contribution in [0.4, 0.5) is 0 Å². The summed E-state index contributed by atoms with van der Waals surface area (Å²) in [6.45, 7) is 0. The molecule has 0 saturated carbocycles. The van der Waals surface area contributed by atoms with Crippen molar-refractivity contribution in [1.29, 1.82) is 0 Å². The highest BCUT2D eigenvalue weighted by Gasteiger charge is 2.13. The van der Waals surface area contributed by atoms with Gasteiger partial charge in [-0.3, -0.25) is 0 Å². The highest BCUT2D eigenvalue weighted by Crippen LogP contribution is 2.27. The van der Waals surface area contributed by atoms with E-state index in [0.717, 1.165) is 21.3 Å². The maximum Gasteiger partial charge on any atom is 0.103 e. The molecule has 1 aromatic heterocycles. The van der Waals surface area contributed by atoms with E-state index in [0.29, 0.717) is 0 Å². The standard InChI is InChI=1S/C14H11ClN2S/c15-12-3-1-10(2-4-12)13-9-11(5-6-16-13)14-17-7-8-18-14/h1-9,11,16H. The van der Waals surface area contributed by atoms with Gasteiger partial charge in [0.2, 0.25) is 0 Å². The third-order valence-corrected chi connectivity index (χ3v) is 3.91. The molecular formula is C14H11ClN2S. The fraction of sp³-hybridized carbons (Fsp3) is 0.0714. The number of allylic oxidation sites excluding steroid dienone is 2. The Labute approximate surface area is 115 Å². The quantitative estimate of drug-likeness (QED) is 0.894. The zero-order valence-electron chi connectivity index (χ0n) is 9.51. The molecule has 0 fully saturated rings. The minimum atomic E-state index is 0.247. The van der Waals surface area contributed by atoms with Crippen molar-refractivity contribution in [2.45, 2.75) is 5.92 Å². The maximum absolute atomic E-state index is 5.90. The van der Waals surface area contributed by atoms with E-state index in [9.17, 15) is 0 Å². The average molecular weight is 275 g/mol. The summed E-state index contributed by atoms with van der Waals surface area (Å²) in [5.74, 6) is 0.247. The van der Waals surface area contributed by atoms with E-state index >= 15 is 0 Å². The summed E-state index contributed by atoms with van der Waals surface area (Å²) in [7, 11) is 0. The van der Waals surface area contributed by atoms with E-state index in [1.54, 1.807) is 11.3 Å². The van der Waals surface area contributed by atoms with E-state index in [1.807, 2.05) is 42.0 Å². The zero-order chi connectivity index (χ0) is 12.4. The lowest BCUT2D eigenvalue weighted by Gasteiger charge is -2.16. The third-order valence-electron chi connectivity index (χ3n) is 2.78. The second-order valence-corrected chi connectivity index (χ2v) is 5.35. The van der Waals surface area contributed by atoms with Crippen LogP contribution in [0.2, 0.25) is 5.02 Å². The Morgan fingerprint density at radius 3 is 2.78 bits per heavy atom. The lowest BCUT2D eigenvalue weighted by Crippen LogP contribution is -2.10. The van der Waals surface area contributed by atoms with Crippen LogP contribution in [0, 0.1) is 0 Å². The van der Waals surface area contributed by atoms with Gasteiger partial charge in [-0.25, -0.2) is 4.98 Å². The van der Waals surface area contributed by atoms with Gasteiger partial charge in [-0.05, 0) is 30.0 Å². The Morgan fingerprint density at radius 2 is 2.06 bits per heavy atom. The number of thiazole rings is 1. The molecule has 1 unspecified atom stereocenters. The molecule has 2 heterocycles. The van der Waals surface area contributed by atoms with Gasteiger partial charge in [0, 0.05) is 22.3 Å². The fourth-order valence-electron chi connectivity index (χ4n) is 1.89. The van der Waals surface area contributed by atoms with Crippen molar-refractivity contribution >= 4 is 28.6 Å². The van der Waals surface area contributed by atoms with Crippen molar-refractivity contribution in [1.82, 2.24) is 10.3 Å². The molecule has 2 aromatic rings. The molecule has 0 saturated heterocycles. The minimum absolute atomic E-state index is 0.247. The topological polar surface area (TPSA) is 24.9 Å². The van der Waals surface area contributed by atoms with Crippen LogP contribution in [0.1, 0.15) is 16.5 Å². The molecular weight excluding hydrogens is 264 g/mol. The first-order valence-electron chi connectivity index (χ1n) is 5.63. The van der Waals surface area contributed by atoms with Crippen LogP contribution < -0.4 is 5.32 Å². The Hall–Kier alpha value is -1.58. The monoisotopic (exact) mass is 274 g/mol. The zero-order valence-corrected chi connectivity index (χ0v) is 11.1. The lowest BCUT2D eigenvalue weighted by atomic mass is 10.0. The van der Waals surface area contributed by atoms with Crippen LogP contribution in [0.5, 0.6) is 0 Å². The normalized spacial score (nSPS) is 18.3. The summed E-state index contributed by atoms with van der Waals surface area (Å²) < 4.78 is 0. The Morgan fingerprint density at radius 1 is 1.22 bits per heavy atom. The molecule has 1 aliphatic heterocycles. The van der Waals surface area contributed by atoms with Gasteiger partial charge in [0.25, 0.3) is 0 Å². The summed E-state index contributed by atoms with van der Waals surface area (Å²) >= 11 is 7.57. The van der Waals surface area contributed by atoms with E-state index in [4.69, 9.17) is 11.6 Å². The average Bonchev–Trinajstić information content (AvgIpc) is 2.94. The van der Waals surface area contributed by atoms with Crippen molar-refractivity contribution in [3.8, 4) is 0 Å². The van der Waals surface area contributed by atoms with Crippen LogP contribution in [0.25, 0.3) is 5.70 Å². The second-order valence-electron chi connectivity index (χ2n) is 3.99. The molecule has 0 spiro atoms. The van der Waals surface area contributed by atoms with Crippen molar-refractivity contribution in [2.75, 3.05) is 0 Å². The van der Waals surface area contributed by atoms with Crippen molar-refractivity contribution in [3.05, 3.63) is 69.8 Å².